The summed E-state index contributed by atoms with van der Waals surface area (Å²) in [6.07, 6.45) is 0.907. The second-order valence-corrected chi connectivity index (χ2v) is 5.98. The molecule has 0 radical (unpaired) electrons. The van der Waals surface area contributed by atoms with Gasteiger partial charge in [0.15, 0.2) is 0 Å². The van der Waals surface area contributed by atoms with Crippen molar-refractivity contribution in [3.63, 3.8) is 0 Å². The van der Waals surface area contributed by atoms with Crippen molar-refractivity contribution in [2.75, 3.05) is 26.2 Å². The molecule has 6 heteroatoms. The summed E-state index contributed by atoms with van der Waals surface area (Å²) in [6.45, 7) is 10.1. The molecule has 0 amide bonds. The number of benzene rings is 1. The van der Waals surface area contributed by atoms with E-state index in [1.54, 1.807) is 6.07 Å². The first kappa shape index (κ1) is 20.9. The Labute approximate surface area is 147 Å². The molecule has 120 valence electrons. The Kier molecular flexibility index (Phi) is 9.74. The minimum absolute atomic E-state index is 0. The van der Waals surface area contributed by atoms with Gasteiger partial charge >= 0.3 is 0 Å². The predicted molar refractivity (Wildman–Crippen MR) is 95.2 cm³/mol. The molecule has 1 fully saturated rings. The maximum Gasteiger partial charge on any atom is 0.124 e. The van der Waals surface area contributed by atoms with Crippen molar-refractivity contribution in [2.24, 2.45) is 0 Å². The van der Waals surface area contributed by atoms with Gasteiger partial charge in [0.05, 0.1) is 0 Å². The first-order chi connectivity index (χ1) is 9.08. The van der Waals surface area contributed by atoms with Gasteiger partial charge in [-0.3, -0.25) is 4.90 Å². The van der Waals surface area contributed by atoms with Gasteiger partial charge in [-0.2, -0.15) is 0 Å². The van der Waals surface area contributed by atoms with Crippen molar-refractivity contribution in [2.45, 2.75) is 19.4 Å². The van der Waals surface area contributed by atoms with Crippen LogP contribution in [0.25, 0.3) is 0 Å². The third-order valence-electron chi connectivity index (χ3n) is 3.46. The van der Waals surface area contributed by atoms with Crippen LogP contribution in [0.3, 0.4) is 0 Å². The largest absolute Gasteiger partial charge is 0.314 e. The van der Waals surface area contributed by atoms with E-state index in [0.717, 1.165) is 48.2 Å². The summed E-state index contributed by atoms with van der Waals surface area (Å²) in [5.41, 5.74) is 2.30. The van der Waals surface area contributed by atoms with Crippen LogP contribution in [-0.2, 0) is 0 Å². The average molecular weight is 400 g/mol. The summed E-state index contributed by atoms with van der Waals surface area (Å²) in [7, 11) is 0. The second-order valence-electron chi connectivity index (χ2n) is 5.13. The topological polar surface area (TPSA) is 15.3 Å². The maximum absolute atomic E-state index is 13.2. The summed E-state index contributed by atoms with van der Waals surface area (Å²) in [6, 6.07) is 5.24. The first-order valence-corrected chi connectivity index (χ1v) is 7.41. The molecule has 0 saturated carbocycles. The SMILES string of the molecule is C=C(C)C[C@H](c1ccc(F)cc1Br)N1CCNCC1.Cl.Cl. The molecule has 0 bridgehead atoms. The van der Waals surface area contributed by atoms with E-state index in [4.69, 9.17) is 0 Å². The number of hydrogen-bond donors (Lipinski definition) is 1. The van der Waals surface area contributed by atoms with Crippen molar-refractivity contribution in [1.29, 1.82) is 0 Å². The monoisotopic (exact) mass is 398 g/mol. The summed E-state index contributed by atoms with van der Waals surface area (Å²) in [4.78, 5) is 2.45. The lowest BCUT2D eigenvalue weighted by Gasteiger charge is -2.36. The van der Waals surface area contributed by atoms with E-state index in [9.17, 15) is 4.39 Å². The van der Waals surface area contributed by atoms with Gasteiger partial charge in [-0.1, -0.05) is 27.6 Å². The molecule has 2 nitrogen and oxygen atoms in total. The van der Waals surface area contributed by atoms with Crippen molar-refractivity contribution in [1.82, 2.24) is 10.2 Å². The zero-order valence-corrected chi connectivity index (χ0v) is 15.3. The molecular formula is C15H22BrCl2FN2. The molecule has 1 N–H and O–H groups in total. The van der Waals surface area contributed by atoms with Crippen molar-refractivity contribution in [3.8, 4) is 0 Å². The van der Waals surface area contributed by atoms with E-state index in [1.807, 2.05) is 13.0 Å². The summed E-state index contributed by atoms with van der Waals surface area (Å²) < 4.78 is 14.1. The third kappa shape index (κ3) is 5.87. The molecule has 1 atom stereocenters. The lowest BCUT2D eigenvalue weighted by atomic mass is 9.98. The van der Waals surface area contributed by atoms with E-state index in [1.165, 1.54) is 6.07 Å². The van der Waals surface area contributed by atoms with Gasteiger partial charge in [0.2, 0.25) is 0 Å². The zero-order chi connectivity index (χ0) is 13.8. The summed E-state index contributed by atoms with van der Waals surface area (Å²) in [5, 5.41) is 3.36. The Morgan fingerprint density at radius 3 is 2.52 bits per heavy atom. The van der Waals surface area contributed by atoms with E-state index in [-0.39, 0.29) is 36.7 Å². The number of nitrogens with zero attached hydrogens (tertiary/aromatic N) is 1. The highest BCUT2D eigenvalue weighted by atomic mass is 79.9. The fourth-order valence-corrected chi connectivity index (χ4v) is 3.15. The van der Waals surface area contributed by atoms with E-state index < -0.39 is 0 Å². The normalized spacial score (nSPS) is 16.5. The van der Waals surface area contributed by atoms with Crippen LogP contribution >= 0.6 is 40.7 Å². The Bertz CT molecular complexity index is 465. The molecule has 1 saturated heterocycles. The van der Waals surface area contributed by atoms with E-state index in [2.05, 4.69) is 32.7 Å². The second kappa shape index (κ2) is 9.80. The van der Waals surface area contributed by atoms with Gasteiger partial charge in [0.1, 0.15) is 5.82 Å². The first-order valence-electron chi connectivity index (χ1n) is 6.62. The lowest BCUT2D eigenvalue weighted by Crippen LogP contribution is -2.45. The van der Waals surface area contributed by atoms with Crippen LogP contribution in [0.15, 0.2) is 34.8 Å². The minimum atomic E-state index is -0.204. The molecule has 21 heavy (non-hydrogen) atoms. The number of rotatable bonds is 4. The highest BCUT2D eigenvalue weighted by Gasteiger charge is 2.23. The van der Waals surface area contributed by atoms with Gasteiger partial charge < -0.3 is 5.32 Å². The molecule has 1 aliphatic rings. The highest BCUT2D eigenvalue weighted by Crippen LogP contribution is 2.33. The van der Waals surface area contributed by atoms with Gasteiger partial charge in [0, 0.05) is 36.7 Å². The third-order valence-corrected chi connectivity index (χ3v) is 4.14. The van der Waals surface area contributed by atoms with Gasteiger partial charge in [0.25, 0.3) is 0 Å². The van der Waals surface area contributed by atoms with Crippen LogP contribution in [-0.4, -0.2) is 31.1 Å². The Balaban J connectivity index is 0.00000200. The number of hydrogen-bond acceptors (Lipinski definition) is 2. The minimum Gasteiger partial charge on any atom is -0.314 e. The van der Waals surface area contributed by atoms with E-state index in [0.29, 0.717) is 0 Å². The molecule has 0 aliphatic carbocycles. The van der Waals surface area contributed by atoms with Crippen LogP contribution in [0, 0.1) is 5.82 Å². The zero-order valence-electron chi connectivity index (χ0n) is 12.1. The number of piperazine rings is 1. The van der Waals surface area contributed by atoms with Gasteiger partial charge in [-0.15, -0.1) is 31.4 Å². The highest BCUT2D eigenvalue weighted by molar-refractivity contribution is 9.10. The Hall–Kier alpha value is -0.130. The molecule has 1 heterocycles. The predicted octanol–water partition coefficient (Wildman–Crippen LogP) is 4.34. The van der Waals surface area contributed by atoms with E-state index >= 15 is 0 Å². The van der Waals surface area contributed by atoms with Crippen LogP contribution in [0.2, 0.25) is 0 Å². The Morgan fingerprint density at radius 2 is 2.00 bits per heavy atom. The smallest absolute Gasteiger partial charge is 0.124 e. The van der Waals surface area contributed by atoms with Crippen LogP contribution in [0.1, 0.15) is 24.9 Å². The maximum atomic E-state index is 13.2. The molecule has 0 spiro atoms. The molecule has 1 aromatic carbocycles. The Morgan fingerprint density at radius 1 is 1.38 bits per heavy atom. The van der Waals surface area contributed by atoms with Crippen molar-refractivity contribution >= 4 is 40.7 Å². The van der Waals surface area contributed by atoms with Crippen molar-refractivity contribution < 1.29 is 4.39 Å². The fraction of sp³-hybridized carbons (Fsp3) is 0.467. The van der Waals surface area contributed by atoms with Crippen LogP contribution < -0.4 is 5.32 Å². The number of nitrogens with one attached hydrogen (secondary N) is 1. The lowest BCUT2D eigenvalue weighted by molar-refractivity contribution is 0.172. The quantitative estimate of drug-likeness (QED) is 0.757. The van der Waals surface area contributed by atoms with Crippen LogP contribution in [0.5, 0.6) is 0 Å². The molecule has 2 rings (SSSR count). The van der Waals surface area contributed by atoms with Crippen LogP contribution in [0.4, 0.5) is 4.39 Å². The molecular weight excluding hydrogens is 378 g/mol. The van der Waals surface area contributed by atoms with Gasteiger partial charge in [-0.25, -0.2) is 4.39 Å². The average Bonchev–Trinajstić information content (AvgIpc) is 2.37. The molecule has 0 aromatic heterocycles. The molecule has 0 unspecified atom stereocenters. The van der Waals surface area contributed by atoms with Gasteiger partial charge in [-0.05, 0) is 31.0 Å². The molecule has 1 aliphatic heterocycles. The fourth-order valence-electron chi connectivity index (χ4n) is 2.53. The standard InChI is InChI=1S/C15H20BrFN2.2ClH/c1-11(2)9-15(19-7-5-18-6-8-19)13-4-3-12(17)10-14(13)16;;/h3-4,10,15,18H,1,5-9H2,2H3;2*1H/t15-;;/m1../s1. The summed E-state index contributed by atoms with van der Waals surface area (Å²) in [5.74, 6) is -0.204. The summed E-state index contributed by atoms with van der Waals surface area (Å²) >= 11 is 3.49. The molecule has 1 aromatic rings. The van der Waals surface area contributed by atoms with Crippen molar-refractivity contribution in [3.05, 3.63) is 46.2 Å². The number of halogens is 4.